The van der Waals surface area contributed by atoms with Crippen molar-refractivity contribution in [2.24, 2.45) is 0 Å². The van der Waals surface area contributed by atoms with E-state index >= 15 is 0 Å². The molecule has 0 heterocycles. The molecule has 0 fully saturated rings. The standard InChI is InChI=1S/C12H17NO3/c1-8(13-9(2)15)10-5-3-4-6-11(10)12(16)7-14/h3-6,8,12,14,16H,7H2,1-2H3,(H,13,15)/t8-,12+/m0/s1. The fourth-order valence-corrected chi connectivity index (χ4v) is 1.69. The number of rotatable bonds is 4. The second-order valence-electron chi connectivity index (χ2n) is 3.75. The Morgan fingerprint density at radius 3 is 2.44 bits per heavy atom. The molecule has 0 saturated heterocycles. The van der Waals surface area contributed by atoms with Gasteiger partial charge in [-0.2, -0.15) is 0 Å². The van der Waals surface area contributed by atoms with Crippen LogP contribution in [0, 0.1) is 0 Å². The summed E-state index contributed by atoms with van der Waals surface area (Å²) in [6.45, 7) is 2.95. The number of benzene rings is 1. The van der Waals surface area contributed by atoms with Crippen molar-refractivity contribution in [3.05, 3.63) is 35.4 Å². The molecule has 0 bridgehead atoms. The summed E-state index contributed by atoms with van der Waals surface area (Å²) in [5.74, 6) is -0.124. The molecule has 0 aromatic heterocycles. The van der Waals surface area contributed by atoms with Gasteiger partial charge in [-0.1, -0.05) is 24.3 Å². The molecule has 3 N–H and O–H groups in total. The molecular weight excluding hydrogens is 206 g/mol. The van der Waals surface area contributed by atoms with Crippen LogP contribution in [0.2, 0.25) is 0 Å². The van der Waals surface area contributed by atoms with Crippen molar-refractivity contribution in [3.63, 3.8) is 0 Å². The lowest BCUT2D eigenvalue weighted by Crippen LogP contribution is -2.25. The molecule has 0 spiro atoms. The summed E-state index contributed by atoms with van der Waals surface area (Å²) in [5.41, 5.74) is 1.46. The minimum absolute atomic E-state index is 0.124. The van der Waals surface area contributed by atoms with E-state index in [1.54, 1.807) is 12.1 Å². The molecule has 16 heavy (non-hydrogen) atoms. The number of aliphatic hydroxyl groups is 2. The number of aliphatic hydroxyl groups excluding tert-OH is 2. The average molecular weight is 223 g/mol. The Labute approximate surface area is 94.9 Å². The van der Waals surface area contributed by atoms with Crippen LogP contribution in [0.5, 0.6) is 0 Å². The summed E-state index contributed by atoms with van der Waals surface area (Å²) < 4.78 is 0. The summed E-state index contributed by atoms with van der Waals surface area (Å²) >= 11 is 0. The van der Waals surface area contributed by atoms with Crippen LogP contribution in [0.25, 0.3) is 0 Å². The maximum atomic E-state index is 11.0. The largest absolute Gasteiger partial charge is 0.393 e. The molecule has 0 aliphatic rings. The SMILES string of the molecule is CC(=O)N[C@@H](C)c1ccccc1[C@H](O)CO. The van der Waals surface area contributed by atoms with Crippen LogP contribution >= 0.6 is 0 Å². The molecule has 88 valence electrons. The van der Waals surface area contributed by atoms with Crippen LogP contribution in [-0.2, 0) is 4.79 Å². The van der Waals surface area contributed by atoms with Crippen molar-refractivity contribution in [2.75, 3.05) is 6.61 Å². The first-order chi connectivity index (χ1) is 7.56. The third kappa shape index (κ3) is 3.05. The summed E-state index contributed by atoms with van der Waals surface area (Å²) in [7, 11) is 0. The van der Waals surface area contributed by atoms with Gasteiger partial charge in [0, 0.05) is 6.92 Å². The lowest BCUT2D eigenvalue weighted by Gasteiger charge is -2.19. The smallest absolute Gasteiger partial charge is 0.217 e. The van der Waals surface area contributed by atoms with Gasteiger partial charge < -0.3 is 15.5 Å². The Kier molecular flexibility index (Phi) is 4.46. The van der Waals surface area contributed by atoms with Gasteiger partial charge in [-0.25, -0.2) is 0 Å². The van der Waals surface area contributed by atoms with Crippen LogP contribution in [0.15, 0.2) is 24.3 Å². The Balaban J connectivity index is 2.98. The van der Waals surface area contributed by atoms with Crippen molar-refractivity contribution in [3.8, 4) is 0 Å². The monoisotopic (exact) mass is 223 g/mol. The van der Waals surface area contributed by atoms with Gasteiger partial charge in [0.1, 0.15) is 6.10 Å². The molecule has 0 aliphatic carbocycles. The van der Waals surface area contributed by atoms with Crippen molar-refractivity contribution >= 4 is 5.91 Å². The van der Waals surface area contributed by atoms with E-state index in [0.29, 0.717) is 5.56 Å². The Bertz CT molecular complexity index is 365. The number of hydrogen-bond acceptors (Lipinski definition) is 3. The highest BCUT2D eigenvalue weighted by Gasteiger charge is 2.15. The van der Waals surface area contributed by atoms with Gasteiger partial charge in [-0.05, 0) is 18.1 Å². The minimum atomic E-state index is -0.910. The van der Waals surface area contributed by atoms with Gasteiger partial charge in [0.15, 0.2) is 0 Å². The first kappa shape index (κ1) is 12.7. The molecule has 0 aliphatic heterocycles. The Morgan fingerprint density at radius 1 is 1.38 bits per heavy atom. The fourth-order valence-electron chi connectivity index (χ4n) is 1.69. The predicted octanol–water partition coefficient (Wildman–Crippen LogP) is 0.909. The van der Waals surface area contributed by atoms with E-state index in [9.17, 15) is 9.90 Å². The van der Waals surface area contributed by atoms with Gasteiger partial charge in [0.05, 0.1) is 12.6 Å². The molecule has 0 unspecified atom stereocenters. The number of amides is 1. The van der Waals surface area contributed by atoms with E-state index in [4.69, 9.17) is 5.11 Å². The van der Waals surface area contributed by atoms with Crippen molar-refractivity contribution in [1.82, 2.24) is 5.32 Å². The van der Waals surface area contributed by atoms with Crippen LogP contribution in [-0.4, -0.2) is 22.7 Å². The second-order valence-corrected chi connectivity index (χ2v) is 3.75. The molecule has 0 radical (unpaired) electrons. The molecule has 1 rings (SSSR count). The zero-order valence-corrected chi connectivity index (χ0v) is 9.47. The van der Waals surface area contributed by atoms with E-state index in [-0.39, 0.29) is 18.6 Å². The number of carbonyl (C=O) groups is 1. The summed E-state index contributed by atoms with van der Waals surface area (Å²) in [5, 5.41) is 21.3. The summed E-state index contributed by atoms with van der Waals surface area (Å²) in [6, 6.07) is 7.01. The van der Waals surface area contributed by atoms with Crippen LogP contribution in [0.1, 0.15) is 37.1 Å². The van der Waals surface area contributed by atoms with Gasteiger partial charge in [-0.15, -0.1) is 0 Å². The average Bonchev–Trinajstić information content (AvgIpc) is 2.27. The lowest BCUT2D eigenvalue weighted by molar-refractivity contribution is -0.119. The zero-order chi connectivity index (χ0) is 12.1. The van der Waals surface area contributed by atoms with Gasteiger partial charge in [-0.3, -0.25) is 4.79 Å². The van der Waals surface area contributed by atoms with Gasteiger partial charge in [0.25, 0.3) is 0 Å². The second kappa shape index (κ2) is 5.63. The molecule has 2 atom stereocenters. The minimum Gasteiger partial charge on any atom is -0.393 e. The van der Waals surface area contributed by atoms with Crippen molar-refractivity contribution in [1.29, 1.82) is 0 Å². The molecule has 0 saturated carbocycles. The van der Waals surface area contributed by atoms with Crippen LogP contribution < -0.4 is 5.32 Å². The van der Waals surface area contributed by atoms with Crippen LogP contribution in [0.4, 0.5) is 0 Å². The number of carbonyl (C=O) groups excluding carboxylic acids is 1. The zero-order valence-electron chi connectivity index (χ0n) is 9.47. The summed E-state index contributed by atoms with van der Waals surface area (Å²) in [4.78, 5) is 11.0. The quantitative estimate of drug-likeness (QED) is 0.710. The first-order valence-corrected chi connectivity index (χ1v) is 5.21. The highest BCUT2D eigenvalue weighted by molar-refractivity contribution is 5.73. The third-order valence-electron chi connectivity index (χ3n) is 2.41. The Morgan fingerprint density at radius 2 is 1.94 bits per heavy atom. The molecular formula is C12H17NO3. The van der Waals surface area contributed by atoms with E-state index < -0.39 is 6.10 Å². The number of nitrogens with one attached hydrogen (secondary N) is 1. The van der Waals surface area contributed by atoms with E-state index in [2.05, 4.69) is 5.32 Å². The topological polar surface area (TPSA) is 69.6 Å². The maximum absolute atomic E-state index is 11.0. The highest BCUT2D eigenvalue weighted by atomic mass is 16.3. The van der Waals surface area contributed by atoms with Gasteiger partial charge >= 0.3 is 0 Å². The molecule has 1 aromatic rings. The van der Waals surface area contributed by atoms with E-state index in [1.165, 1.54) is 6.92 Å². The van der Waals surface area contributed by atoms with Crippen molar-refractivity contribution < 1.29 is 15.0 Å². The summed E-state index contributed by atoms with van der Waals surface area (Å²) in [6.07, 6.45) is -0.910. The molecule has 1 amide bonds. The Hall–Kier alpha value is -1.39. The normalized spacial score (nSPS) is 14.2. The highest BCUT2D eigenvalue weighted by Crippen LogP contribution is 2.23. The lowest BCUT2D eigenvalue weighted by atomic mass is 9.97. The predicted molar refractivity (Wildman–Crippen MR) is 60.7 cm³/mol. The van der Waals surface area contributed by atoms with Crippen LogP contribution in [0.3, 0.4) is 0 Å². The first-order valence-electron chi connectivity index (χ1n) is 5.21. The fraction of sp³-hybridized carbons (Fsp3) is 0.417. The molecule has 4 nitrogen and oxygen atoms in total. The van der Waals surface area contributed by atoms with Crippen molar-refractivity contribution in [2.45, 2.75) is 26.0 Å². The van der Waals surface area contributed by atoms with E-state index in [1.807, 2.05) is 19.1 Å². The molecule has 1 aromatic carbocycles. The molecule has 4 heteroatoms. The van der Waals surface area contributed by atoms with E-state index in [0.717, 1.165) is 5.56 Å². The maximum Gasteiger partial charge on any atom is 0.217 e. The third-order valence-corrected chi connectivity index (χ3v) is 2.41. The van der Waals surface area contributed by atoms with Gasteiger partial charge in [0.2, 0.25) is 5.91 Å². The number of hydrogen-bond donors (Lipinski definition) is 3.